The minimum absolute atomic E-state index is 0. The standard InChI is InChI=1S/C16H24N2O2.ClH/c1-20-15-8-6-13(7-9-15)3-2-10-18-16(19)12-17-11-14-4-5-14;/h6-9,14,17H,2-5,10-12H2,1H3,(H,18,19);1H. The zero-order valence-electron chi connectivity index (χ0n) is 12.6. The van der Waals surface area contributed by atoms with Gasteiger partial charge in [0.15, 0.2) is 0 Å². The third-order valence-corrected chi connectivity index (χ3v) is 3.54. The lowest BCUT2D eigenvalue weighted by Gasteiger charge is -2.07. The van der Waals surface area contributed by atoms with Gasteiger partial charge in [0, 0.05) is 6.54 Å². The third-order valence-electron chi connectivity index (χ3n) is 3.54. The van der Waals surface area contributed by atoms with Gasteiger partial charge in [-0.2, -0.15) is 0 Å². The number of methoxy groups -OCH3 is 1. The summed E-state index contributed by atoms with van der Waals surface area (Å²) in [5, 5.41) is 6.14. The Morgan fingerprint density at radius 3 is 2.62 bits per heavy atom. The molecule has 1 saturated carbocycles. The summed E-state index contributed by atoms with van der Waals surface area (Å²) in [6.45, 7) is 2.16. The number of ether oxygens (including phenoxy) is 1. The second kappa shape index (κ2) is 9.64. The quantitative estimate of drug-likeness (QED) is 0.687. The summed E-state index contributed by atoms with van der Waals surface area (Å²) in [6.07, 6.45) is 4.56. The van der Waals surface area contributed by atoms with Gasteiger partial charge in [-0.05, 0) is 55.8 Å². The Morgan fingerprint density at radius 2 is 2.00 bits per heavy atom. The molecule has 1 amide bonds. The van der Waals surface area contributed by atoms with Crippen molar-refractivity contribution in [3.8, 4) is 5.75 Å². The molecule has 2 N–H and O–H groups in total. The molecule has 118 valence electrons. The number of halogens is 1. The van der Waals surface area contributed by atoms with E-state index in [2.05, 4.69) is 22.8 Å². The van der Waals surface area contributed by atoms with Gasteiger partial charge in [-0.1, -0.05) is 12.1 Å². The molecule has 1 aliphatic carbocycles. The van der Waals surface area contributed by atoms with Crippen molar-refractivity contribution in [2.75, 3.05) is 26.7 Å². The van der Waals surface area contributed by atoms with Gasteiger partial charge in [-0.3, -0.25) is 4.79 Å². The van der Waals surface area contributed by atoms with Gasteiger partial charge in [0.1, 0.15) is 5.75 Å². The van der Waals surface area contributed by atoms with Gasteiger partial charge >= 0.3 is 0 Å². The van der Waals surface area contributed by atoms with Crippen molar-refractivity contribution in [2.45, 2.75) is 25.7 Å². The highest BCUT2D eigenvalue weighted by Gasteiger charge is 2.20. The summed E-state index contributed by atoms with van der Waals surface area (Å²) >= 11 is 0. The molecule has 0 unspecified atom stereocenters. The van der Waals surface area contributed by atoms with E-state index in [0.717, 1.165) is 37.6 Å². The normalized spacial score (nSPS) is 13.4. The van der Waals surface area contributed by atoms with Crippen LogP contribution in [0, 0.1) is 5.92 Å². The van der Waals surface area contributed by atoms with E-state index in [9.17, 15) is 4.79 Å². The molecule has 0 atom stereocenters. The lowest BCUT2D eigenvalue weighted by atomic mass is 10.1. The summed E-state index contributed by atoms with van der Waals surface area (Å²) in [6, 6.07) is 8.07. The van der Waals surface area contributed by atoms with Gasteiger partial charge in [-0.15, -0.1) is 12.4 Å². The number of amides is 1. The highest BCUT2D eigenvalue weighted by molar-refractivity contribution is 5.85. The predicted octanol–water partition coefficient (Wildman–Crippen LogP) is 2.17. The van der Waals surface area contributed by atoms with Crippen LogP contribution in [0.5, 0.6) is 5.75 Å². The van der Waals surface area contributed by atoms with Crippen LogP contribution in [0.25, 0.3) is 0 Å². The zero-order chi connectivity index (χ0) is 14.2. The molecule has 0 saturated heterocycles. The highest BCUT2D eigenvalue weighted by atomic mass is 35.5. The summed E-state index contributed by atoms with van der Waals surface area (Å²) in [5.74, 6) is 1.79. The molecule has 1 aromatic carbocycles. The van der Waals surface area contributed by atoms with Gasteiger partial charge in [-0.25, -0.2) is 0 Å². The SMILES string of the molecule is COc1ccc(CCCNC(=O)CNCC2CC2)cc1.Cl. The minimum atomic E-state index is 0. The van der Waals surface area contributed by atoms with Gasteiger partial charge < -0.3 is 15.4 Å². The average molecular weight is 313 g/mol. The van der Waals surface area contributed by atoms with E-state index >= 15 is 0 Å². The van der Waals surface area contributed by atoms with Crippen LogP contribution in [0.3, 0.4) is 0 Å². The van der Waals surface area contributed by atoms with Crippen LogP contribution in [-0.4, -0.2) is 32.7 Å². The van der Waals surface area contributed by atoms with E-state index in [4.69, 9.17) is 4.74 Å². The number of carbonyl (C=O) groups excluding carboxylic acids is 1. The number of carbonyl (C=O) groups is 1. The third kappa shape index (κ3) is 7.34. The van der Waals surface area contributed by atoms with E-state index in [-0.39, 0.29) is 18.3 Å². The van der Waals surface area contributed by atoms with Crippen molar-refractivity contribution >= 4 is 18.3 Å². The zero-order valence-corrected chi connectivity index (χ0v) is 13.4. The smallest absolute Gasteiger partial charge is 0.233 e. The van der Waals surface area contributed by atoms with Crippen LogP contribution in [0.4, 0.5) is 0 Å². The summed E-state index contributed by atoms with van der Waals surface area (Å²) < 4.78 is 5.12. The maximum absolute atomic E-state index is 11.5. The first-order chi connectivity index (χ1) is 9.78. The van der Waals surface area contributed by atoms with Crippen molar-refractivity contribution in [3.63, 3.8) is 0 Å². The van der Waals surface area contributed by atoms with Crippen LogP contribution in [0.15, 0.2) is 24.3 Å². The van der Waals surface area contributed by atoms with Crippen LogP contribution < -0.4 is 15.4 Å². The van der Waals surface area contributed by atoms with Crippen molar-refractivity contribution < 1.29 is 9.53 Å². The molecular formula is C16H25ClN2O2. The van der Waals surface area contributed by atoms with Crippen molar-refractivity contribution in [2.24, 2.45) is 5.92 Å². The fourth-order valence-corrected chi connectivity index (χ4v) is 2.09. The van der Waals surface area contributed by atoms with E-state index in [1.54, 1.807) is 7.11 Å². The monoisotopic (exact) mass is 312 g/mol. The molecule has 21 heavy (non-hydrogen) atoms. The van der Waals surface area contributed by atoms with Crippen molar-refractivity contribution in [1.82, 2.24) is 10.6 Å². The van der Waals surface area contributed by atoms with Crippen molar-refractivity contribution in [3.05, 3.63) is 29.8 Å². The Balaban J connectivity index is 0.00000220. The molecule has 0 aliphatic heterocycles. The van der Waals surface area contributed by atoms with E-state index in [1.165, 1.54) is 18.4 Å². The number of hydrogen-bond donors (Lipinski definition) is 2. The molecule has 5 heteroatoms. The fourth-order valence-electron chi connectivity index (χ4n) is 2.09. The number of nitrogens with one attached hydrogen (secondary N) is 2. The number of aryl methyl sites for hydroxylation is 1. The lowest BCUT2D eigenvalue weighted by molar-refractivity contribution is -0.120. The molecular weight excluding hydrogens is 288 g/mol. The van der Waals surface area contributed by atoms with Crippen LogP contribution in [0.2, 0.25) is 0 Å². The van der Waals surface area contributed by atoms with Crippen LogP contribution in [-0.2, 0) is 11.2 Å². The Morgan fingerprint density at radius 1 is 1.29 bits per heavy atom. The Bertz CT molecular complexity index is 419. The summed E-state index contributed by atoms with van der Waals surface area (Å²) in [5.41, 5.74) is 1.27. The van der Waals surface area contributed by atoms with E-state index < -0.39 is 0 Å². The molecule has 2 rings (SSSR count). The molecule has 1 aromatic rings. The second-order valence-electron chi connectivity index (χ2n) is 5.38. The molecule has 1 fully saturated rings. The Kier molecular flexibility index (Phi) is 8.16. The molecule has 0 radical (unpaired) electrons. The maximum Gasteiger partial charge on any atom is 0.233 e. The minimum Gasteiger partial charge on any atom is -0.497 e. The molecule has 0 aromatic heterocycles. The number of rotatable bonds is 9. The fraction of sp³-hybridized carbons (Fsp3) is 0.562. The first-order valence-corrected chi connectivity index (χ1v) is 7.38. The Labute approximate surface area is 133 Å². The highest BCUT2D eigenvalue weighted by Crippen LogP contribution is 2.27. The van der Waals surface area contributed by atoms with Gasteiger partial charge in [0.2, 0.25) is 5.91 Å². The summed E-state index contributed by atoms with van der Waals surface area (Å²) in [7, 11) is 1.67. The maximum atomic E-state index is 11.5. The second-order valence-corrected chi connectivity index (χ2v) is 5.38. The first kappa shape index (κ1) is 17.8. The molecule has 0 bridgehead atoms. The molecule has 4 nitrogen and oxygen atoms in total. The van der Waals surface area contributed by atoms with Crippen molar-refractivity contribution in [1.29, 1.82) is 0 Å². The predicted molar refractivity (Wildman–Crippen MR) is 87.2 cm³/mol. The lowest BCUT2D eigenvalue weighted by Crippen LogP contribution is -2.35. The van der Waals surface area contributed by atoms with Gasteiger partial charge in [0.25, 0.3) is 0 Å². The topological polar surface area (TPSA) is 50.4 Å². The largest absolute Gasteiger partial charge is 0.497 e. The van der Waals surface area contributed by atoms with Crippen LogP contribution >= 0.6 is 12.4 Å². The van der Waals surface area contributed by atoms with E-state index in [0.29, 0.717) is 6.54 Å². The Hall–Kier alpha value is -1.26. The van der Waals surface area contributed by atoms with Gasteiger partial charge in [0.05, 0.1) is 13.7 Å². The number of benzene rings is 1. The first-order valence-electron chi connectivity index (χ1n) is 7.38. The average Bonchev–Trinajstić information content (AvgIpc) is 3.28. The molecule has 0 heterocycles. The van der Waals surface area contributed by atoms with E-state index in [1.807, 2.05) is 12.1 Å². The van der Waals surface area contributed by atoms with Crippen LogP contribution in [0.1, 0.15) is 24.8 Å². The molecule has 0 spiro atoms. The summed E-state index contributed by atoms with van der Waals surface area (Å²) in [4.78, 5) is 11.5. The number of hydrogen-bond acceptors (Lipinski definition) is 3. The molecule has 1 aliphatic rings.